The third kappa shape index (κ3) is 4.05. The highest BCUT2D eigenvalue weighted by Gasteiger charge is 2.15. The Labute approximate surface area is 171 Å². The molecule has 0 unspecified atom stereocenters. The molecule has 7 heteroatoms. The molecule has 0 fully saturated rings. The van der Waals surface area contributed by atoms with Gasteiger partial charge in [-0.15, -0.1) is 11.3 Å². The van der Waals surface area contributed by atoms with E-state index in [4.69, 9.17) is 4.74 Å². The number of nitrogens with one attached hydrogen (secondary N) is 1. The maximum Gasteiger partial charge on any atom is 0.263 e. The predicted octanol–water partition coefficient (Wildman–Crippen LogP) is 4.16. The van der Waals surface area contributed by atoms with Gasteiger partial charge in [-0.1, -0.05) is 30.3 Å². The minimum absolute atomic E-state index is 0.102. The molecule has 0 saturated carbocycles. The standard InChI is InChI=1S/C22H19N3O3S/c1-2-28-17-10-8-15(9-11-17)18-13-29-21-20(18)22(27)25(14-23-21)12-19(26)24-16-6-4-3-5-7-16/h3-11,13-14H,2,12H2,1H3,(H,24,26). The smallest absolute Gasteiger partial charge is 0.263 e. The van der Waals surface area contributed by atoms with E-state index in [-0.39, 0.29) is 18.0 Å². The maximum absolute atomic E-state index is 13.1. The van der Waals surface area contributed by atoms with Gasteiger partial charge >= 0.3 is 0 Å². The Morgan fingerprint density at radius 1 is 1.14 bits per heavy atom. The van der Waals surface area contributed by atoms with E-state index in [2.05, 4.69) is 10.3 Å². The van der Waals surface area contributed by atoms with Crippen LogP contribution in [0.1, 0.15) is 6.92 Å². The maximum atomic E-state index is 13.1. The van der Waals surface area contributed by atoms with Crippen LogP contribution in [-0.2, 0) is 11.3 Å². The van der Waals surface area contributed by atoms with Crippen molar-refractivity contribution in [1.29, 1.82) is 0 Å². The van der Waals surface area contributed by atoms with Crippen molar-refractivity contribution in [3.63, 3.8) is 0 Å². The van der Waals surface area contributed by atoms with Crippen LogP contribution < -0.4 is 15.6 Å². The third-order valence-electron chi connectivity index (χ3n) is 4.41. The number of carbonyl (C=O) groups excluding carboxylic acids is 1. The number of hydrogen-bond donors (Lipinski definition) is 1. The first-order valence-corrected chi connectivity index (χ1v) is 10.1. The molecule has 0 aliphatic rings. The fraction of sp³-hybridized carbons (Fsp3) is 0.136. The zero-order valence-corrected chi connectivity index (χ0v) is 16.6. The quantitative estimate of drug-likeness (QED) is 0.523. The predicted molar refractivity (Wildman–Crippen MR) is 116 cm³/mol. The molecule has 0 radical (unpaired) electrons. The monoisotopic (exact) mass is 405 g/mol. The molecule has 2 aromatic carbocycles. The molecule has 4 rings (SSSR count). The second-order valence-corrected chi connectivity index (χ2v) is 7.24. The van der Waals surface area contributed by atoms with Gasteiger partial charge in [0.05, 0.1) is 18.3 Å². The number of amides is 1. The number of para-hydroxylation sites is 1. The Morgan fingerprint density at radius 2 is 1.90 bits per heavy atom. The lowest BCUT2D eigenvalue weighted by atomic mass is 10.1. The summed E-state index contributed by atoms with van der Waals surface area (Å²) in [5.74, 6) is 0.501. The van der Waals surface area contributed by atoms with E-state index in [1.807, 2.05) is 54.8 Å². The summed E-state index contributed by atoms with van der Waals surface area (Å²) < 4.78 is 6.82. The van der Waals surface area contributed by atoms with E-state index in [0.29, 0.717) is 22.5 Å². The first kappa shape index (κ1) is 18.9. The number of carbonyl (C=O) groups is 1. The van der Waals surface area contributed by atoms with E-state index in [1.165, 1.54) is 22.2 Å². The molecule has 0 bridgehead atoms. The van der Waals surface area contributed by atoms with E-state index < -0.39 is 0 Å². The van der Waals surface area contributed by atoms with Gasteiger partial charge in [-0.05, 0) is 36.8 Å². The van der Waals surface area contributed by atoms with E-state index >= 15 is 0 Å². The van der Waals surface area contributed by atoms with Gasteiger partial charge in [-0.2, -0.15) is 0 Å². The molecule has 2 heterocycles. The summed E-state index contributed by atoms with van der Waals surface area (Å²) >= 11 is 1.41. The molecule has 4 aromatic rings. The highest BCUT2D eigenvalue weighted by molar-refractivity contribution is 7.17. The second kappa shape index (κ2) is 8.28. The van der Waals surface area contributed by atoms with Crippen LogP contribution in [0.3, 0.4) is 0 Å². The van der Waals surface area contributed by atoms with E-state index in [1.54, 1.807) is 12.1 Å². The number of aromatic nitrogens is 2. The minimum atomic E-state index is -0.280. The lowest BCUT2D eigenvalue weighted by Crippen LogP contribution is -2.27. The summed E-state index contributed by atoms with van der Waals surface area (Å²) in [6, 6.07) is 16.7. The normalized spacial score (nSPS) is 10.8. The molecule has 0 saturated heterocycles. The lowest BCUT2D eigenvalue weighted by Gasteiger charge is -2.08. The molecule has 0 atom stereocenters. The Kier molecular flexibility index (Phi) is 5.39. The van der Waals surface area contributed by atoms with Crippen molar-refractivity contribution in [2.45, 2.75) is 13.5 Å². The lowest BCUT2D eigenvalue weighted by molar-refractivity contribution is -0.116. The highest BCUT2D eigenvalue weighted by Crippen LogP contribution is 2.31. The highest BCUT2D eigenvalue weighted by atomic mass is 32.1. The van der Waals surface area contributed by atoms with Crippen LogP contribution in [0.15, 0.2) is 71.1 Å². The van der Waals surface area contributed by atoms with Crippen LogP contribution in [-0.4, -0.2) is 22.1 Å². The molecule has 0 aliphatic carbocycles. The molecule has 0 aliphatic heterocycles. The summed E-state index contributed by atoms with van der Waals surface area (Å²) in [4.78, 5) is 30.4. The number of thiophene rings is 1. The molecule has 146 valence electrons. The number of nitrogens with zero attached hydrogens (tertiary/aromatic N) is 2. The SMILES string of the molecule is CCOc1ccc(-c2csc3ncn(CC(=O)Nc4ccccc4)c(=O)c23)cc1. The van der Waals surface area contributed by atoms with Gasteiger partial charge in [-0.3, -0.25) is 14.2 Å². The molecule has 1 amide bonds. The van der Waals surface area contributed by atoms with Gasteiger partial charge in [0.15, 0.2) is 0 Å². The van der Waals surface area contributed by atoms with Gasteiger partial charge in [0.1, 0.15) is 17.1 Å². The van der Waals surface area contributed by atoms with Crippen molar-refractivity contribution in [3.05, 3.63) is 76.7 Å². The minimum Gasteiger partial charge on any atom is -0.494 e. The van der Waals surface area contributed by atoms with Gasteiger partial charge in [-0.25, -0.2) is 4.98 Å². The Balaban J connectivity index is 1.64. The summed E-state index contributed by atoms with van der Waals surface area (Å²) in [7, 11) is 0. The summed E-state index contributed by atoms with van der Waals surface area (Å²) in [6.45, 7) is 2.43. The van der Waals surface area contributed by atoms with Crippen LogP contribution >= 0.6 is 11.3 Å². The van der Waals surface area contributed by atoms with Crippen LogP contribution in [0.4, 0.5) is 5.69 Å². The summed E-state index contributed by atoms with van der Waals surface area (Å²) in [5.41, 5.74) is 2.17. The molecular formula is C22H19N3O3S. The average Bonchev–Trinajstić information content (AvgIpc) is 3.17. The fourth-order valence-electron chi connectivity index (χ4n) is 3.07. The second-order valence-electron chi connectivity index (χ2n) is 6.38. The van der Waals surface area contributed by atoms with Gasteiger partial charge < -0.3 is 10.1 Å². The van der Waals surface area contributed by atoms with Crippen LogP contribution in [0, 0.1) is 0 Å². The molecule has 2 aromatic heterocycles. The third-order valence-corrected chi connectivity index (χ3v) is 5.29. The first-order chi connectivity index (χ1) is 14.2. The summed E-state index contributed by atoms with van der Waals surface area (Å²) in [5, 5.41) is 5.23. The number of rotatable bonds is 6. The van der Waals surface area contributed by atoms with Crippen LogP contribution in [0.5, 0.6) is 5.75 Å². The number of fused-ring (bicyclic) bond motifs is 1. The van der Waals surface area contributed by atoms with Crippen molar-refractivity contribution in [2.24, 2.45) is 0 Å². The zero-order chi connectivity index (χ0) is 20.2. The first-order valence-electron chi connectivity index (χ1n) is 9.20. The number of anilines is 1. The van der Waals surface area contributed by atoms with Crippen molar-refractivity contribution in [2.75, 3.05) is 11.9 Å². The van der Waals surface area contributed by atoms with Gasteiger partial charge in [0, 0.05) is 16.6 Å². The molecule has 6 nitrogen and oxygen atoms in total. The Morgan fingerprint density at radius 3 is 2.62 bits per heavy atom. The van der Waals surface area contributed by atoms with Crippen LogP contribution in [0.2, 0.25) is 0 Å². The van der Waals surface area contributed by atoms with E-state index in [0.717, 1.165) is 16.9 Å². The Bertz CT molecular complexity index is 1200. The average molecular weight is 405 g/mol. The fourth-order valence-corrected chi connectivity index (χ4v) is 3.97. The largest absolute Gasteiger partial charge is 0.494 e. The van der Waals surface area contributed by atoms with Gasteiger partial charge in [0.25, 0.3) is 5.56 Å². The summed E-state index contributed by atoms with van der Waals surface area (Å²) in [6.07, 6.45) is 1.42. The van der Waals surface area contributed by atoms with Crippen molar-refractivity contribution < 1.29 is 9.53 Å². The number of hydrogen-bond acceptors (Lipinski definition) is 5. The number of ether oxygens (including phenoxy) is 1. The molecule has 0 spiro atoms. The Hall–Kier alpha value is -3.45. The van der Waals surface area contributed by atoms with Gasteiger partial charge in [0.2, 0.25) is 5.91 Å². The topological polar surface area (TPSA) is 73.2 Å². The van der Waals surface area contributed by atoms with E-state index in [9.17, 15) is 9.59 Å². The van der Waals surface area contributed by atoms with Crippen molar-refractivity contribution >= 4 is 33.1 Å². The molecule has 1 N–H and O–H groups in total. The van der Waals surface area contributed by atoms with Crippen molar-refractivity contribution in [3.8, 4) is 16.9 Å². The number of benzene rings is 2. The molecule has 29 heavy (non-hydrogen) atoms. The zero-order valence-electron chi connectivity index (χ0n) is 15.8. The molecular weight excluding hydrogens is 386 g/mol. The van der Waals surface area contributed by atoms with Crippen molar-refractivity contribution in [1.82, 2.24) is 9.55 Å². The van der Waals surface area contributed by atoms with Crippen LogP contribution in [0.25, 0.3) is 21.3 Å².